The highest BCUT2D eigenvalue weighted by molar-refractivity contribution is 5.49. The molecule has 0 aliphatic carbocycles. The monoisotopic (exact) mass is 264 g/mol. The van der Waals surface area contributed by atoms with Crippen molar-refractivity contribution in [3.8, 4) is 6.07 Å². The zero-order valence-electron chi connectivity index (χ0n) is 11.1. The summed E-state index contributed by atoms with van der Waals surface area (Å²) in [5.74, 6) is 0. The summed E-state index contributed by atoms with van der Waals surface area (Å²) in [5, 5.41) is 0. The molecule has 3 heteroatoms. The Labute approximate surface area is 119 Å². The summed E-state index contributed by atoms with van der Waals surface area (Å²) >= 11 is 0. The van der Waals surface area contributed by atoms with Crippen molar-refractivity contribution >= 4 is 5.69 Å². The Morgan fingerprint density at radius 3 is 2.40 bits per heavy atom. The first-order chi connectivity index (χ1) is 9.90. The van der Waals surface area contributed by atoms with Crippen LogP contribution in [0.5, 0.6) is 0 Å². The van der Waals surface area contributed by atoms with Crippen LogP contribution in [0.2, 0.25) is 0 Å². The van der Waals surface area contributed by atoms with Crippen LogP contribution in [-0.4, -0.2) is 6.61 Å². The molecule has 0 unspecified atom stereocenters. The maximum atomic E-state index is 5.63. The molecule has 2 aromatic carbocycles. The normalized spacial score (nSPS) is 11.0. The fourth-order valence-corrected chi connectivity index (χ4v) is 1.63. The molecule has 20 heavy (non-hydrogen) atoms. The van der Waals surface area contributed by atoms with Crippen molar-refractivity contribution < 1.29 is 4.74 Å². The molecule has 0 saturated heterocycles. The van der Waals surface area contributed by atoms with Crippen LogP contribution in [0.25, 0.3) is 10.4 Å². The molecule has 1 atom stereocenters. The van der Waals surface area contributed by atoms with Gasteiger partial charge in [0.25, 0.3) is 0 Å². The lowest BCUT2D eigenvalue weighted by atomic mass is 10.1. The number of benzene rings is 2. The summed E-state index contributed by atoms with van der Waals surface area (Å²) in [6.07, 6.45) is 1.35. The third kappa shape index (κ3) is 4.27. The SMILES string of the molecule is C=CCO[C@H](C#[N+][N-]c1ccccc1)c1ccccc1. The van der Waals surface area contributed by atoms with Crippen molar-refractivity contribution in [2.24, 2.45) is 0 Å². The zero-order chi connectivity index (χ0) is 14.0. The lowest BCUT2D eigenvalue weighted by Crippen LogP contribution is -2.01. The minimum absolute atomic E-state index is 0.346. The summed E-state index contributed by atoms with van der Waals surface area (Å²) in [4.78, 5) is 3.99. The lowest BCUT2D eigenvalue weighted by molar-refractivity contribution is 0.117. The molecule has 0 N–H and O–H groups in total. The van der Waals surface area contributed by atoms with Crippen molar-refractivity contribution in [3.63, 3.8) is 0 Å². The van der Waals surface area contributed by atoms with Crippen molar-refractivity contribution in [2.45, 2.75) is 6.10 Å². The predicted molar refractivity (Wildman–Crippen MR) is 82.0 cm³/mol. The van der Waals surface area contributed by atoms with E-state index >= 15 is 0 Å². The highest BCUT2D eigenvalue weighted by Crippen LogP contribution is 2.20. The molecular weight excluding hydrogens is 248 g/mol. The van der Waals surface area contributed by atoms with E-state index in [1.807, 2.05) is 60.7 Å². The molecule has 0 spiro atoms. The largest absolute Gasteiger partial charge is 0.350 e. The number of rotatable bonds is 5. The number of nitrogens with zero attached hydrogens (tertiary/aromatic N) is 2. The van der Waals surface area contributed by atoms with E-state index in [1.54, 1.807) is 6.08 Å². The summed E-state index contributed by atoms with van der Waals surface area (Å²) in [7, 11) is 0. The second-order valence-corrected chi connectivity index (χ2v) is 4.08. The van der Waals surface area contributed by atoms with E-state index in [1.165, 1.54) is 0 Å². The molecule has 0 fully saturated rings. The fourth-order valence-electron chi connectivity index (χ4n) is 1.63. The van der Waals surface area contributed by atoms with Crippen molar-refractivity contribution in [1.29, 1.82) is 0 Å². The molecule has 0 bridgehead atoms. The highest BCUT2D eigenvalue weighted by atomic mass is 16.5. The van der Waals surface area contributed by atoms with E-state index in [2.05, 4.69) is 23.0 Å². The molecule has 2 rings (SSSR count). The van der Waals surface area contributed by atoms with Crippen molar-refractivity contribution in [2.75, 3.05) is 6.61 Å². The Morgan fingerprint density at radius 2 is 1.75 bits per heavy atom. The number of hydrogen-bond acceptors (Lipinski definition) is 1. The quantitative estimate of drug-likeness (QED) is 0.558. The van der Waals surface area contributed by atoms with E-state index in [0.717, 1.165) is 11.3 Å². The van der Waals surface area contributed by atoms with Crippen LogP contribution in [0.15, 0.2) is 73.3 Å². The van der Waals surface area contributed by atoms with E-state index in [0.29, 0.717) is 6.61 Å². The van der Waals surface area contributed by atoms with Gasteiger partial charge in [-0.2, -0.15) is 0 Å². The van der Waals surface area contributed by atoms with Gasteiger partial charge in [-0.3, -0.25) is 5.43 Å². The zero-order valence-corrected chi connectivity index (χ0v) is 11.1. The smallest absolute Gasteiger partial charge is 0.308 e. The molecule has 3 nitrogen and oxygen atoms in total. The first-order valence-electron chi connectivity index (χ1n) is 6.39. The topological polar surface area (TPSA) is 27.7 Å². The van der Waals surface area contributed by atoms with Gasteiger partial charge in [0.1, 0.15) is 0 Å². The molecule has 0 radical (unpaired) electrons. The molecule has 0 heterocycles. The standard InChI is InChI=1S/C17H16N2O/c1-2-13-20-17(15-9-5-3-6-10-15)14-18-19-16-11-7-4-8-12-16/h2-12,17H,1,13H2/t17-/m1/s1. The first-order valence-corrected chi connectivity index (χ1v) is 6.39. The lowest BCUT2D eigenvalue weighted by Gasteiger charge is -2.06. The van der Waals surface area contributed by atoms with E-state index < -0.39 is 0 Å². The summed E-state index contributed by atoms with van der Waals surface area (Å²) < 4.78 is 5.63. The molecule has 100 valence electrons. The minimum Gasteiger partial charge on any atom is -0.350 e. The van der Waals surface area contributed by atoms with Crippen molar-refractivity contribution in [3.05, 3.63) is 89.3 Å². The van der Waals surface area contributed by atoms with Gasteiger partial charge >= 0.3 is 6.07 Å². The molecule has 0 aliphatic rings. The summed E-state index contributed by atoms with van der Waals surface area (Å²) in [6.45, 7) is 4.09. The second-order valence-electron chi connectivity index (χ2n) is 4.08. The van der Waals surface area contributed by atoms with Gasteiger partial charge in [-0.25, -0.2) is 0 Å². The van der Waals surface area contributed by atoms with Gasteiger partial charge < -0.3 is 4.74 Å². The van der Waals surface area contributed by atoms with E-state index in [-0.39, 0.29) is 6.10 Å². The Kier molecular flexibility index (Phi) is 5.39. The van der Waals surface area contributed by atoms with Gasteiger partial charge in [0.15, 0.2) is 0 Å². The third-order valence-corrected chi connectivity index (χ3v) is 2.58. The number of ether oxygens (including phenoxy) is 1. The Balaban J connectivity index is 2.07. The minimum atomic E-state index is -0.346. The Bertz CT molecular complexity index is 585. The van der Waals surface area contributed by atoms with Gasteiger partial charge in [0, 0.05) is 0 Å². The van der Waals surface area contributed by atoms with Crippen LogP contribution in [0, 0.1) is 6.07 Å². The van der Waals surface area contributed by atoms with Crippen LogP contribution in [0.1, 0.15) is 11.7 Å². The maximum absolute atomic E-state index is 5.63. The molecule has 0 aliphatic heterocycles. The Morgan fingerprint density at radius 1 is 1.10 bits per heavy atom. The summed E-state index contributed by atoms with van der Waals surface area (Å²) in [5.41, 5.74) is 5.86. The van der Waals surface area contributed by atoms with Gasteiger partial charge in [-0.15, -0.1) is 6.58 Å². The molecule has 0 saturated carbocycles. The predicted octanol–water partition coefficient (Wildman–Crippen LogP) is 4.88. The van der Waals surface area contributed by atoms with E-state index in [9.17, 15) is 0 Å². The van der Waals surface area contributed by atoms with Gasteiger partial charge in [-0.05, 0) is 5.56 Å². The molecular formula is C17H16N2O. The first kappa shape index (κ1) is 13.9. The van der Waals surface area contributed by atoms with Crippen LogP contribution in [0.4, 0.5) is 5.69 Å². The van der Waals surface area contributed by atoms with Crippen LogP contribution < -0.4 is 0 Å². The molecule has 2 aromatic rings. The van der Waals surface area contributed by atoms with Gasteiger partial charge in [0.05, 0.1) is 6.61 Å². The average Bonchev–Trinajstić information content (AvgIpc) is 2.52. The van der Waals surface area contributed by atoms with Crippen LogP contribution in [0.3, 0.4) is 0 Å². The fraction of sp³-hybridized carbons (Fsp3) is 0.118. The van der Waals surface area contributed by atoms with Crippen molar-refractivity contribution in [1.82, 2.24) is 0 Å². The average molecular weight is 264 g/mol. The summed E-state index contributed by atoms with van der Waals surface area (Å²) in [6, 6.07) is 22.2. The highest BCUT2D eigenvalue weighted by Gasteiger charge is 2.13. The Hall–Kier alpha value is -2.57. The van der Waals surface area contributed by atoms with Gasteiger partial charge in [-0.1, -0.05) is 77.4 Å². The van der Waals surface area contributed by atoms with Crippen LogP contribution >= 0.6 is 0 Å². The second kappa shape index (κ2) is 7.78. The maximum Gasteiger partial charge on any atom is 0.308 e. The van der Waals surface area contributed by atoms with Gasteiger partial charge in [0.2, 0.25) is 6.10 Å². The molecule has 0 amide bonds. The number of hydrogen-bond donors (Lipinski definition) is 0. The third-order valence-electron chi connectivity index (χ3n) is 2.58. The van der Waals surface area contributed by atoms with E-state index in [4.69, 9.17) is 4.74 Å². The van der Waals surface area contributed by atoms with Crippen LogP contribution in [-0.2, 0) is 4.74 Å². The molecule has 0 aromatic heterocycles.